The van der Waals surface area contributed by atoms with Crippen LogP contribution in [0.3, 0.4) is 0 Å². The molecule has 0 aromatic carbocycles. The Hall–Kier alpha value is -1.75. The number of rotatable bonds is 4. The number of hydrogen-bond donors (Lipinski definition) is 1. The Morgan fingerprint density at radius 3 is 2.94 bits per heavy atom. The van der Waals surface area contributed by atoms with Crippen LogP contribution < -0.4 is 5.32 Å². The van der Waals surface area contributed by atoms with Crippen molar-refractivity contribution in [3.05, 3.63) is 35.9 Å². The minimum atomic E-state index is 0.438. The molecule has 1 N–H and O–H groups in total. The Morgan fingerprint density at radius 2 is 2.24 bits per heavy atom. The van der Waals surface area contributed by atoms with E-state index in [1.54, 1.807) is 12.4 Å². The van der Waals surface area contributed by atoms with E-state index in [1.165, 1.54) is 0 Å². The van der Waals surface area contributed by atoms with Gasteiger partial charge in [-0.1, -0.05) is 19.1 Å². The second kappa shape index (κ2) is 5.05. The van der Waals surface area contributed by atoms with Crippen molar-refractivity contribution in [2.75, 3.05) is 0 Å². The molecule has 0 radical (unpaired) electrons. The number of nitrogens with zero attached hydrogens (tertiary/aromatic N) is 4. The first-order chi connectivity index (χ1) is 8.18. The van der Waals surface area contributed by atoms with Gasteiger partial charge in [-0.25, -0.2) is 4.68 Å². The number of nitrogens with one attached hydrogen (secondary N) is 1. The fourth-order valence-electron chi connectivity index (χ4n) is 1.59. The van der Waals surface area contributed by atoms with Gasteiger partial charge in [0, 0.05) is 18.8 Å². The van der Waals surface area contributed by atoms with E-state index >= 15 is 0 Å². The Kier molecular flexibility index (Phi) is 3.49. The molecule has 5 nitrogen and oxygen atoms in total. The molecule has 90 valence electrons. The van der Waals surface area contributed by atoms with E-state index in [0.717, 1.165) is 23.6 Å². The van der Waals surface area contributed by atoms with Gasteiger partial charge in [-0.3, -0.25) is 4.98 Å². The minimum Gasteiger partial charge on any atom is -0.309 e. The standard InChI is InChI=1S/C12H17N5/c1-9(2)14-7-11-8-15-16-17(11)12-5-4-6-13-10(12)3/h4-6,8-9,14H,7H2,1-3H3. The quantitative estimate of drug-likeness (QED) is 0.865. The first kappa shape index (κ1) is 11.7. The molecule has 2 aromatic rings. The monoisotopic (exact) mass is 231 g/mol. The third-order valence-electron chi connectivity index (χ3n) is 2.52. The maximum Gasteiger partial charge on any atom is 0.0879 e. The molecule has 17 heavy (non-hydrogen) atoms. The van der Waals surface area contributed by atoms with Crippen molar-refractivity contribution in [1.29, 1.82) is 0 Å². The lowest BCUT2D eigenvalue weighted by molar-refractivity contribution is 0.569. The summed E-state index contributed by atoms with van der Waals surface area (Å²) in [6, 6.07) is 4.34. The summed E-state index contributed by atoms with van der Waals surface area (Å²) in [7, 11) is 0. The lowest BCUT2D eigenvalue weighted by Crippen LogP contribution is -2.23. The summed E-state index contributed by atoms with van der Waals surface area (Å²) in [5, 5.41) is 11.4. The Balaban J connectivity index is 2.28. The highest BCUT2D eigenvalue weighted by atomic mass is 15.4. The van der Waals surface area contributed by atoms with Crippen LogP contribution in [0.1, 0.15) is 25.2 Å². The molecule has 0 atom stereocenters. The Morgan fingerprint density at radius 1 is 1.41 bits per heavy atom. The van der Waals surface area contributed by atoms with Gasteiger partial charge in [0.15, 0.2) is 0 Å². The third-order valence-corrected chi connectivity index (χ3v) is 2.52. The van der Waals surface area contributed by atoms with Crippen molar-refractivity contribution in [3.63, 3.8) is 0 Å². The van der Waals surface area contributed by atoms with Gasteiger partial charge in [0.2, 0.25) is 0 Å². The molecule has 0 fully saturated rings. The van der Waals surface area contributed by atoms with Gasteiger partial charge in [0.1, 0.15) is 0 Å². The molecule has 2 aromatic heterocycles. The van der Waals surface area contributed by atoms with Gasteiger partial charge < -0.3 is 5.32 Å². The van der Waals surface area contributed by atoms with E-state index in [4.69, 9.17) is 0 Å². The van der Waals surface area contributed by atoms with Gasteiger partial charge in [-0.05, 0) is 19.1 Å². The fourth-order valence-corrected chi connectivity index (χ4v) is 1.59. The van der Waals surface area contributed by atoms with Gasteiger partial charge in [0.25, 0.3) is 0 Å². The summed E-state index contributed by atoms with van der Waals surface area (Å²) in [5.74, 6) is 0. The SMILES string of the molecule is Cc1ncccc1-n1nncc1CNC(C)C. The Bertz CT molecular complexity index is 489. The van der Waals surface area contributed by atoms with Crippen molar-refractivity contribution in [3.8, 4) is 5.69 Å². The molecule has 0 saturated heterocycles. The number of hydrogen-bond acceptors (Lipinski definition) is 4. The zero-order valence-corrected chi connectivity index (χ0v) is 10.4. The second-order valence-electron chi connectivity index (χ2n) is 4.28. The van der Waals surface area contributed by atoms with Crippen LogP contribution in [0.25, 0.3) is 5.69 Å². The lowest BCUT2D eigenvalue weighted by atomic mass is 10.3. The highest BCUT2D eigenvalue weighted by Crippen LogP contribution is 2.11. The van der Waals surface area contributed by atoms with Crippen molar-refractivity contribution >= 4 is 0 Å². The van der Waals surface area contributed by atoms with Crippen LogP contribution in [-0.2, 0) is 6.54 Å². The molecule has 0 aliphatic rings. The lowest BCUT2D eigenvalue weighted by Gasteiger charge is -2.10. The molecule has 0 bridgehead atoms. The molecule has 0 unspecified atom stereocenters. The highest BCUT2D eigenvalue weighted by molar-refractivity contribution is 5.35. The summed E-state index contributed by atoms with van der Waals surface area (Å²) in [5.41, 5.74) is 2.96. The maximum absolute atomic E-state index is 4.26. The Labute approximate surface area is 101 Å². The van der Waals surface area contributed by atoms with Gasteiger partial charge in [-0.15, -0.1) is 5.10 Å². The average molecular weight is 231 g/mol. The minimum absolute atomic E-state index is 0.438. The van der Waals surface area contributed by atoms with E-state index in [2.05, 4.69) is 34.5 Å². The smallest absolute Gasteiger partial charge is 0.0879 e. The van der Waals surface area contributed by atoms with Crippen LogP contribution in [0.2, 0.25) is 0 Å². The molecule has 2 rings (SSSR count). The number of aromatic nitrogens is 4. The fraction of sp³-hybridized carbons (Fsp3) is 0.417. The normalized spacial score (nSPS) is 11.1. The van der Waals surface area contributed by atoms with Crippen LogP contribution in [0.5, 0.6) is 0 Å². The van der Waals surface area contributed by atoms with E-state index in [1.807, 2.05) is 23.7 Å². The molecule has 0 aliphatic heterocycles. The first-order valence-corrected chi connectivity index (χ1v) is 5.73. The van der Waals surface area contributed by atoms with E-state index in [0.29, 0.717) is 6.04 Å². The number of aryl methyl sites for hydroxylation is 1. The molecule has 2 heterocycles. The van der Waals surface area contributed by atoms with Crippen LogP contribution in [-0.4, -0.2) is 26.0 Å². The van der Waals surface area contributed by atoms with E-state index < -0.39 is 0 Å². The van der Waals surface area contributed by atoms with Crippen LogP contribution in [0.4, 0.5) is 0 Å². The van der Waals surface area contributed by atoms with Crippen molar-refractivity contribution in [1.82, 2.24) is 25.3 Å². The molecule has 5 heteroatoms. The predicted octanol–water partition coefficient (Wildman–Crippen LogP) is 1.47. The van der Waals surface area contributed by atoms with E-state index in [-0.39, 0.29) is 0 Å². The predicted molar refractivity (Wildman–Crippen MR) is 65.9 cm³/mol. The van der Waals surface area contributed by atoms with E-state index in [9.17, 15) is 0 Å². The summed E-state index contributed by atoms with van der Waals surface area (Å²) in [4.78, 5) is 4.26. The highest BCUT2D eigenvalue weighted by Gasteiger charge is 2.08. The molecule has 0 aliphatic carbocycles. The van der Waals surface area contributed by atoms with Crippen molar-refractivity contribution in [2.45, 2.75) is 33.4 Å². The van der Waals surface area contributed by atoms with Gasteiger partial charge in [-0.2, -0.15) is 0 Å². The second-order valence-corrected chi connectivity index (χ2v) is 4.28. The molecule has 0 spiro atoms. The summed E-state index contributed by atoms with van der Waals surface area (Å²) >= 11 is 0. The van der Waals surface area contributed by atoms with Crippen LogP contribution >= 0.6 is 0 Å². The molecular formula is C12H17N5. The largest absolute Gasteiger partial charge is 0.309 e. The van der Waals surface area contributed by atoms with Crippen molar-refractivity contribution in [2.24, 2.45) is 0 Å². The average Bonchev–Trinajstić information content (AvgIpc) is 2.75. The number of pyridine rings is 1. The third kappa shape index (κ3) is 2.68. The summed E-state index contributed by atoms with van der Waals surface area (Å²) < 4.78 is 1.83. The van der Waals surface area contributed by atoms with Gasteiger partial charge in [0.05, 0.1) is 23.3 Å². The van der Waals surface area contributed by atoms with Crippen LogP contribution in [0, 0.1) is 6.92 Å². The summed E-state index contributed by atoms with van der Waals surface area (Å²) in [6.45, 7) is 6.95. The zero-order chi connectivity index (χ0) is 12.3. The molecular weight excluding hydrogens is 214 g/mol. The zero-order valence-electron chi connectivity index (χ0n) is 10.4. The van der Waals surface area contributed by atoms with Crippen LogP contribution in [0.15, 0.2) is 24.5 Å². The summed E-state index contributed by atoms with van der Waals surface area (Å²) in [6.07, 6.45) is 3.56. The van der Waals surface area contributed by atoms with Crippen molar-refractivity contribution < 1.29 is 0 Å². The maximum atomic E-state index is 4.26. The molecule has 0 amide bonds. The first-order valence-electron chi connectivity index (χ1n) is 5.73. The molecule has 0 saturated carbocycles. The van der Waals surface area contributed by atoms with Gasteiger partial charge >= 0.3 is 0 Å². The topological polar surface area (TPSA) is 55.6 Å².